The molecule has 0 radical (unpaired) electrons. The Morgan fingerprint density at radius 2 is 1.89 bits per heavy atom. The molecule has 1 aliphatic rings. The van der Waals surface area contributed by atoms with Gasteiger partial charge in [-0.05, 0) is 18.9 Å². The molecule has 1 amide bonds. The number of nitrogens with zero attached hydrogens (tertiary/aromatic N) is 1. The molecule has 0 unspecified atom stereocenters. The minimum atomic E-state index is -0.797. The van der Waals surface area contributed by atoms with E-state index in [0.717, 1.165) is 18.9 Å². The molecule has 0 aliphatic heterocycles. The molecule has 19 heavy (non-hydrogen) atoms. The Morgan fingerprint density at radius 3 is 2.47 bits per heavy atom. The predicted molar refractivity (Wildman–Crippen MR) is 68.3 cm³/mol. The summed E-state index contributed by atoms with van der Waals surface area (Å²) < 4.78 is 1.76. The van der Waals surface area contributed by atoms with Crippen molar-refractivity contribution in [3.8, 4) is 11.5 Å². The number of benzene rings is 1. The number of nitrogens with two attached hydrogens (primary N) is 1. The lowest BCUT2D eigenvalue weighted by Crippen LogP contribution is -2.24. The third kappa shape index (κ3) is 1.72. The van der Waals surface area contributed by atoms with E-state index >= 15 is 0 Å². The summed E-state index contributed by atoms with van der Waals surface area (Å²) in [4.78, 5) is 23.4. The molecular formula is C13H12N2O4. The van der Waals surface area contributed by atoms with Crippen molar-refractivity contribution in [2.75, 3.05) is 0 Å². The lowest BCUT2D eigenvalue weighted by Gasteiger charge is -2.12. The van der Waals surface area contributed by atoms with Gasteiger partial charge in [-0.25, -0.2) is 0 Å². The minimum Gasteiger partial charge on any atom is -0.504 e. The molecule has 3 rings (SSSR count). The van der Waals surface area contributed by atoms with Gasteiger partial charge in [-0.3, -0.25) is 9.59 Å². The largest absolute Gasteiger partial charge is 0.504 e. The summed E-state index contributed by atoms with van der Waals surface area (Å²) in [5, 5.41) is 19.2. The van der Waals surface area contributed by atoms with Crippen molar-refractivity contribution in [1.29, 1.82) is 0 Å². The van der Waals surface area contributed by atoms with E-state index < -0.39 is 17.1 Å². The second-order valence-corrected chi connectivity index (χ2v) is 4.73. The van der Waals surface area contributed by atoms with E-state index in [0.29, 0.717) is 5.52 Å². The molecule has 1 saturated carbocycles. The number of carbonyl (C=O) groups is 1. The summed E-state index contributed by atoms with van der Waals surface area (Å²) in [6.45, 7) is 0. The summed E-state index contributed by atoms with van der Waals surface area (Å²) in [6.07, 6.45) is 3.32. The first-order valence-corrected chi connectivity index (χ1v) is 5.89. The zero-order valence-corrected chi connectivity index (χ0v) is 9.96. The maximum absolute atomic E-state index is 12.1. The zero-order valence-electron chi connectivity index (χ0n) is 9.96. The molecule has 6 heteroatoms. The number of primary amides is 1. The highest BCUT2D eigenvalue weighted by atomic mass is 16.3. The number of amides is 1. The summed E-state index contributed by atoms with van der Waals surface area (Å²) >= 11 is 0. The first-order valence-electron chi connectivity index (χ1n) is 5.89. The van der Waals surface area contributed by atoms with Crippen molar-refractivity contribution < 1.29 is 15.0 Å². The highest BCUT2D eigenvalue weighted by molar-refractivity contribution is 5.96. The Morgan fingerprint density at radius 1 is 1.26 bits per heavy atom. The van der Waals surface area contributed by atoms with E-state index in [1.165, 1.54) is 12.3 Å². The number of fused-ring (bicyclic) bond motifs is 1. The first kappa shape index (κ1) is 11.6. The number of aromatic hydroxyl groups is 2. The number of phenolic OH excluding ortho intramolecular Hbond substituents is 2. The first-order chi connectivity index (χ1) is 8.99. The smallest absolute Gasteiger partial charge is 0.254 e. The standard InChI is InChI=1S/C13H12N2O4/c14-13(19)8-5-15(6-1-2-6)9-4-11(17)10(16)3-7(9)12(8)18/h3-6,16-17H,1-2H2,(H2,14,19). The van der Waals surface area contributed by atoms with E-state index in [1.54, 1.807) is 4.57 Å². The maximum atomic E-state index is 12.1. The summed E-state index contributed by atoms with van der Waals surface area (Å²) in [5.41, 5.74) is 5.05. The van der Waals surface area contributed by atoms with Crippen LogP contribution >= 0.6 is 0 Å². The lowest BCUT2D eigenvalue weighted by atomic mass is 10.1. The van der Waals surface area contributed by atoms with E-state index in [2.05, 4.69) is 0 Å². The second kappa shape index (κ2) is 3.74. The number of rotatable bonds is 2. The Kier molecular flexibility index (Phi) is 2.28. The molecule has 0 saturated heterocycles. The van der Waals surface area contributed by atoms with Crippen molar-refractivity contribution >= 4 is 16.8 Å². The van der Waals surface area contributed by atoms with Gasteiger partial charge in [-0.2, -0.15) is 0 Å². The van der Waals surface area contributed by atoms with Crippen LogP contribution < -0.4 is 11.2 Å². The number of aromatic nitrogens is 1. The van der Waals surface area contributed by atoms with Crippen LogP contribution in [-0.4, -0.2) is 20.7 Å². The number of phenols is 2. The molecule has 0 spiro atoms. The average Bonchev–Trinajstić information content (AvgIpc) is 3.16. The molecule has 1 aliphatic carbocycles. The average molecular weight is 260 g/mol. The van der Waals surface area contributed by atoms with Gasteiger partial charge < -0.3 is 20.5 Å². The molecule has 4 N–H and O–H groups in total. The van der Waals surface area contributed by atoms with Gasteiger partial charge in [0, 0.05) is 18.3 Å². The van der Waals surface area contributed by atoms with Gasteiger partial charge in [-0.15, -0.1) is 0 Å². The number of hydrogen-bond acceptors (Lipinski definition) is 4. The van der Waals surface area contributed by atoms with Crippen molar-refractivity contribution in [1.82, 2.24) is 4.57 Å². The topological polar surface area (TPSA) is 106 Å². The molecule has 2 aromatic rings. The van der Waals surface area contributed by atoms with Crippen LogP contribution in [0.1, 0.15) is 29.2 Å². The summed E-state index contributed by atoms with van der Waals surface area (Å²) in [5.74, 6) is -1.49. The van der Waals surface area contributed by atoms with Crippen molar-refractivity contribution in [2.45, 2.75) is 18.9 Å². The molecule has 1 fully saturated rings. The molecule has 1 aromatic heterocycles. The quantitative estimate of drug-likeness (QED) is 0.696. The van der Waals surface area contributed by atoms with Crippen LogP contribution in [0.15, 0.2) is 23.1 Å². The van der Waals surface area contributed by atoms with Gasteiger partial charge in [0.2, 0.25) is 5.43 Å². The molecular weight excluding hydrogens is 248 g/mol. The molecule has 0 atom stereocenters. The molecule has 0 bridgehead atoms. The van der Waals surface area contributed by atoms with Crippen LogP contribution in [0.4, 0.5) is 0 Å². The minimum absolute atomic E-state index is 0.107. The molecule has 98 valence electrons. The van der Waals surface area contributed by atoms with Gasteiger partial charge >= 0.3 is 0 Å². The Hall–Kier alpha value is -2.50. The zero-order chi connectivity index (χ0) is 13.7. The van der Waals surface area contributed by atoms with Crippen molar-refractivity contribution in [2.24, 2.45) is 5.73 Å². The van der Waals surface area contributed by atoms with Crippen molar-refractivity contribution in [3.63, 3.8) is 0 Å². The highest BCUT2D eigenvalue weighted by Crippen LogP contribution is 2.38. The van der Waals surface area contributed by atoms with Crippen LogP contribution in [0.2, 0.25) is 0 Å². The fraction of sp³-hybridized carbons (Fsp3) is 0.231. The highest BCUT2D eigenvalue weighted by Gasteiger charge is 2.26. The van der Waals surface area contributed by atoms with Crippen LogP contribution in [-0.2, 0) is 0 Å². The van der Waals surface area contributed by atoms with Gasteiger partial charge in [0.05, 0.1) is 10.9 Å². The van der Waals surface area contributed by atoms with Gasteiger partial charge in [0.15, 0.2) is 11.5 Å². The van der Waals surface area contributed by atoms with E-state index in [1.807, 2.05) is 0 Å². The maximum Gasteiger partial charge on any atom is 0.254 e. The fourth-order valence-corrected chi connectivity index (χ4v) is 2.20. The van der Waals surface area contributed by atoms with Gasteiger partial charge in [0.25, 0.3) is 5.91 Å². The third-order valence-corrected chi connectivity index (χ3v) is 3.33. The Balaban J connectivity index is 2.45. The lowest BCUT2D eigenvalue weighted by molar-refractivity contribution is 0.0998. The van der Waals surface area contributed by atoms with Crippen LogP contribution in [0.25, 0.3) is 10.9 Å². The predicted octanol–water partition coefficient (Wildman–Crippen LogP) is 0.846. The van der Waals surface area contributed by atoms with Crippen LogP contribution in [0.3, 0.4) is 0 Å². The van der Waals surface area contributed by atoms with Crippen molar-refractivity contribution in [3.05, 3.63) is 34.1 Å². The van der Waals surface area contributed by atoms with Gasteiger partial charge in [0.1, 0.15) is 5.56 Å². The van der Waals surface area contributed by atoms with Crippen LogP contribution in [0, 0.1) is 0 Å². The van der Waals surface area contributed by atoms with Crippen LogP contribution in [0.5, 0.6) is 11.5 Å². The third-order valence-electron chi connectivity index (χ3n) is 3.33. The Bertz CT molecular complexity index is 759. The number of pyridine rings is 1. The SMILES string of the molecule is NC(=O)c1cn(C2CC2)c2cc(O)c(O)cc2c1=O. The number of carbonyl (C=O) groups excluding carboxylic acids is 1. The normalized spacial score (nSPS) is 14.7. The van der Waals surface area contributed by atoms with E-state index in [4.69, 9.17) is 5.73 Å². The second-order valence-electron chi connectivity index (χ2n) is 4.73. The molecule has 1 aromatic carbocycles. The molecule has 6 nitrogen and oxygen atoms in total. The Labute approximate surface area is 107 Å². The fourth-order valence-electron chi connectivity index (χ4n) is 2.20. The molecule has 1 heterocycles. The van der Waals surface area contributed by atoms with E-state index in [9.17, 15) is 19.8 Å². The summed E-state index contributed by atoms with van der Waals surface area (Å²) in [7, 11) is 0. The number of hydrogen-bond donors (Lipinski definition) is 3. The van der Waals surface area contributed by atoms with Gasteiger partial charge in [-0.1, -0.05) is 0 Å². The monoisotopic (exact) mass is 260 g/mol. The summed E-state index contributed by atoms with van der Waals surface area (Å²) in [6, 6.07) is 2.69. The van der Waals surface area contributed by atoms with E-state index in [-0.39, 0.29) is 22.7 Å².